The van der Waals surface area contributed by atoms with Gasteiger partial charge in [0.15, 0.2) is 0 Å². The van der Waals surface area contributed by atoms with E-state index in [-0.39, 0.29) is 11.9 Å². The van der Waals surface area contributed by atoms with Crippen LogP contribution in [0.15, 0.2) is 59.6 Å². The molecule has 0 radical (unpaired) electrons. The molecule has 1 amide bonds. The number of benzene rings is 2. The van der Waals surface area contributed by atoms with Crippen molar-refractivity contribution in [2.24, 2.45) is 0 Å². The summed E-state index contributed by atoms with van der Waals surface area (Å²) >= 11 is 0. The van der Waals surface area contributed by atoms with E-state index in [0.717, 1.165) is 22.4 Å². The van der Waals surface area contributed by atoms with Gasteiger partial charge in [-0.1, -0.05) is 54.2 Å². The van der Waals surface area contributed by atoms with E-state index in [0.29, 0.717) is 31.1 Å². The number of carbonyl (C=O) groups is 1. The van der Waals surface area contributed by atoms with Gasteiger partial charge >= 0.3 is 0 Å². The molecule has 6 heteroatoms. The number of rotatable bonds is 6. The zero-order valence-corrected chi connectivity index (χ0v) is 15.7. The molecular weight excluding hydrogens is 354 g/mol. The van der Waals surface area contributed by atoms with Gasteiger partial charge in [-0.2, -0.15) is 4.98 Å². The molecule has 3 aromatic rings. The van der Waals surface area contributed by atoms with E-state index in [2.05, 4.69) is 16.7 Å². The predicted octanol–water partition coefficient (Wildman–Crippen LogP) is 4.25. The lowest BCUT2D eigenvalue weighted by Gasteiger charge is -2.22. The second-order valence-electron chi connectivity index (χ2n) is 6.71. The van der Waals surface area contributed by atoms with Crippen molar-refractivity contribution in [1.29, 1.82) is 0 Å². The van der Waals surface area contributed by atoms with Crippen LogP contribution >= 0.6 is 0 Å². The minimum absolute atomic E-state index is 0.0962. The molecule has 1 aliphatic rings. The summed E-state index contributed by atoms with van der Waals surface area (Å²) in [6.45, 7) is 4.28. The molecule has 1 saturated heterocycles. The molecule has 1 atom stereocenters. The van der Waals surface area contributed by atoms with Crippen LogP contribution in [-0.4, -0.2) is 28.1 Å². The van der Waals surface area contributed by atoms with Gasteiger partial charge in [-0.15, -0.1) is 0 Å². The Morgan fingerprint density at radius 2 is 2.11 bits per heavy atom. The van der Waals surface area contributed by atoms with E-state index >= 15 is 0 Å². The number of hydrogen-bond acceptors (Lipinski definition) is 5. The van der Waals surface area contributed by atoms with E-state index in [1.165, 1.54) is 0 Å². The largest absolute Gasteiger partial charge is 0.497 e. The first-order valence-electron chi connectivity index (χ1n) is 9.17. The topological polar surface area (TPSA) is 68.5 Å². The van der Waals surface area contributed by atoms with E-state index in [4.69, 9.17) is 9.26 Å². The molecule has 1 aliphatic heterocycles. The summed E-state index contributed by atoms with van der Waals surface area (Å²) in [7, 11) is 1.62. The monoisotopic (exact) mass is 375 g/mol. The Hall–Kier alpha value is -3.41. The van der Waals surface area contributed by atoms with Crippen LogP contribution in [0.5, 0.6) is 5.75 Å². The Morgan fingerprint density at radius 1 is 1.29 bits per heavy atom. The van der Waals surface area contributed by atoms with Gasteiger partial charge in [-0.25, -0.2) is 0 Å². The molecule has 28 heavy (non-hydrogen) atoms. The van der Waals surface area contributed by atoms with Crippen LogP contribution in [-0.2, 0) is 11.3 Å². The van der Waals surface area contributed by atoms with Crippen LogP contribution in [0.25, 0.3) is 17.5 Å². The normalized spacial score (nSPS) is 16.4. The number of carbonyl (C=O) groups excluding carboxylic acids is 1. The summed E-state index contributed by atoms with van der Waals surface area (Å²) in [5.41, 5.74) is 2.91. The molecule has 1 unspecified atom stereocenters. The van der Waals surface area contributed by atoms with Gasteiger partial charge in [0, 0.05) is 18.5 Å². The molecule has 0 aliphatic carbocycles. The van der Waals surface area contributed by atoms with Crippen LogP contribution in [0.2, 0.25) is 0 Å². The maximum atomic E-state index is 12.4. The van der Waals surface area contributed by atoms with Crippen molar-refractivity contribution < 1.29 is 14.1 Å². The fraction of sp³-hybridized carbons (Fsp3) is 0.227. The van der Waals surface area contributed by atoms with E-state index in [1.807, 2.05) is 53.4 Å². The lowest BCUT2D eigenvalue weighted by Crippen LogP contribution is -2.27. The third-order valence-corrected chi connectivity index (χ3v) is 4.95. The highest BCUT2D eigenvalue weighted by Gasteiger charge is 2.36. The van der Waals surface area contributed by atoms with Crippen LogP contribution < -0.4 is 4.74 Å². The van der Waals surface area contributed by atoms with Gasteiger partial charge in [0.1, 0.15) is 11.8 Å². The Morgan fingerprint density at radius 3 is 2.86 bits per heavy atom. The van der Waals surface area contributed by atoms with Crippen molar-refractivity contribution in [1.82, 2.24) is 15.0 Å². The third-order valence-electron chi connectivity index (χ3n) is 4.95. The predicted molar refractivity (Wildman–Crippen MR) is 105 cm³/mol. The molecule has 2 heterocycles. The minimum atomic E-state index is -0.210. The van der Waals surface area contributed by atoms with Crippen molar-refractivity contribution in [3.63, 3.8) is 0 Å². The SMILES string of the molecule is C=Cc1ccc(CN2C(=O)CCC2c2nc(-c3cccc(OC)c3)no2)cc1. The number of likely N-dealkylation sites (tertiary alicyclic amines) is 1. The number of aromatic nitrogens is 2. The molecule has 4 rings (SSSR count). The lowest BCUT2D eigenvalue weighted by molar-refractivity contribution is -0.129. The van der Waals surface area contributed by atoms with Crippen molar-refractivity contribution in [2.45, 2.75) is 25.4 Å². The molecule has 0 spiro atoms. The first-order chi connectivity index (χ1) is 13.7. The number of ether oxygens (including phenoxy) is 1. The summed E-state index contributed by atoms with van der Waals surface area (Å²) in [6, 6.07) is 15.3. The molecular formula is C22H21N3O3. The van der Waals surface area contributed by atoms with Crippen LogP contribution in [0.1, 0.15) is 35.9 Å². The molecule has 2 aromatic carbocycles. The van der Waals surface area contributed by atoms with Crippen LogP contribution in [0.4, 0.5) is 0 Å². The highest BCUT2D eigenvalue weighted by atomic mass is 16.5. The first kappa shape index (κ1) is 18.0. The Bertz CT molecular complexity index is 994. The molecule has 142 valence electrons. The number of methoxy groups -OCH3 is 1. The molecule has 1 aromatic heterocycles. The third kappa shape index (κ3) is 3.53. The van der Waals surface area contributed by atoms with Crippen molar-refractivity contribution in [3.8, 4) is 17.1 Å². The van der Waals surface area contributed by atoms with Gasteiger partial charge in [0.25, 0.3) is 0 Å². The summed E-state index contributed by atoms with van der Waals surface area (Å²) in [6.07, 6.45) is 2.95. The fourth-order valence-corrected chi connectivity index (χ4v) is 3.39. The highest BCUT2D eigenvalue weighted by molar-refractivity contribution is 5.79. The minimum Gasteiger partial charge on any atom is -0.497 e. The van der Waals surface area contributed by atoms with Gasteiger partial charge in [0.05, 0.1) is 7.11 Å². The highest BCUT2D eigenvalue weighted by Crippen LogP contribution is 2.34. The molecule has 0 bridgehead atoms. The average molecular weight is 375 g/mol. The van der Waals surface area contributed by atoms with E-state index < -0.39 is 0 Å². The number of hydrogen-bond donors (Lipinski definition) is 0. The second kappa shape index (κ2) is 7.68. The summed E-state index contributed by atoms with van der Waals surface area (Å²) in [5.74, 6) is 1.78. The standard InChI is InChI=1S/C22H21N3O3/c1-3-15-7-9-16(10-8-15)14-25-19(11-12-20(25)26)22-23-21(24-28-22)17-5-4-6-18(13-17)27-2/h3-10,13,19H,1,11-12,14H2,2H3. The zero-order chi connectivity index (χ0) is 19.5. The van der Waals surface area contributed by atoms with Crippen molar-refractivity contribution >= 4 is 12.0 Å². The zero-order valence-electron chi connectivity index (χ0n) is 15.7. The van der Waals surface area contributed by atoms with Crippen molar-refractivity contribution in [3.05, 3.63) is 72.1 Å². The van der Waals surface area contributed by atoms with Gasteiger partial charge in [0.2, 0.25) is 17.6 Å². The Labute approximate surface area is 163 Å². The summed E-state index contributed by atoms with van der Waals surface area (Å²) < 4.78 is 10.8. The molecule has 0 N–H and O–H groups in total. The maximum absolute atomic E-state index is 12.4. The molecule has 0 saturated carbocycles. The molecule has 6 nitrogen and oxygen atoms in total. The number of nitrogens with zero attached hydrogens (tertiary/aromatic N) is 3. The fourth-order valence-electron chi connectivity index (χ4n) is 3.39. The lowest BCUT2D eigenvalue weighted by atomic mass is 10.1. The molecule has 1 fully saturated rings. The summed E-state index contributed by atoms with van der Waals surface area (Å²) in [5, 5.41) is 4.10. The van der Waals surface area contributed by atoms with Crippen LogP contribution in [0.3, 0.4) is 0 Å². The second-order valence-corrected chi connectivity index (χ2v) is 6.71. The maximum Gasteiger partial charge on any atom is 0.249 e. The van der Waals surface area contributed by atoms with Gasteiger partial charge in [-0.05, 0) is 29.7 Å². The smallest absolute Gasteiger partial charge is 0.249 e. The first-order valence-corrected chi connectivity index (χ1v) is 9.17. The van der Waals surface area contributed by atoms with Gasteiger partial charge in [-0.3, -0.25) is 4.79 Å². The summed E-state index contributed by atoms with van der Waals surface area (Å²) in [4.78, 5) is 18.8. The van der Waals surface area contributed by atoms with E-state index in [1.54, 1.807) is 13.2 Å². The number of amides is 1. The van der Waals surface area contributed by atoms with E-state index in [9.17, 15) is 4.79 Å². The Balaban J connectivity index is 1.56. The van der Waals surface area contributed by atoms with Crippen molar-refractivity contribution in [2.75, 3.05) is 7.11 Å². The Kier molecular flexibility index (Phi) is 4.93. The average Bonchev–Trinajstić information content (AvgIpc) is 3.36. The van der Waals surface area contributed by atoms with Crippen LogP contribution in [0, 0.1) is 0 Å². The van der Waals surface area contributed by atoms with Gasteiger partial charge < -0.3 is 14.2 Å². The quantitative estimate of drug-likeness (QED) is 0.644.